The van der Waals surface area contributed by atoms with E-state index in [-0.39, 0.29) is 36.0 Å². The van der Waals surface area contributed by atoms with Crippen molar-refractivity contribution in [2.75, 3.05) is 26.2 Å². The van der Waals surface area contributed by atoms with Crippen LogP contribution in [0, 0.1) is 13.8 Å². The van der Waals surface area contributed by atoms with Crippen LogP contribution in [-0.4, -0.2) is 56.6 Å². The van der Waals surface area contributed by atoms with Crippen LogP contribution in [0.15, 0.2) is 88.7 Å². The molecule has 9 heteroatoms. The number of benzene rings is 2. The molecule has 2 bridgehead atoms. The maximum absolute atomic E-state index is 13.5. The number of sulfonamides is 2. The van der Waals surface area contributed by atoms with E-state index >= 15 is 0 Å². The lowest BCUT2D eigenvalue weighted by atomic mass is 10.2. The summed E-state index contributed by atoms with van der Waals surface area (Å²) in [5.41, 5.74) is 3.94. The van der Waals surface area contributed by atoms with Crippen molar-refractivity contribution < 1.29 is 16.8 Å². The van der Waals surface area contributed by atoms with E-state index in [1.807, 2.05) is 32.0 Å². The maximum atomic E-state index is 13.5. The Labute approximate surface area is 214 Å². The Bertz CT molecular complexity index is 1340. The summed E-state index contributed by atoms with van der Waals surface area (Å²) in [5, 5.41) is 0. The van der Waals surface area contributed by atoms with Crippen LogP contribution >= 0.6 is 0 Å². The van der Waals surface area contributed by atoms with Crippen LogP contribution in [0.3, 0.4) is 0 Å². The molecule has 3 aromatic rings. The molecule has 0 unspecified atom stereocenters. The summed E-state index contributed by atoms with van der Waals surface area (Å²) in [6.07, 6.45) is 0.884. The molecule has 0 amide bonds. The Morgan fingerprint density at radius 2 is 1.06 bits per heavy atom. The third-order valence-corrected chi connectivity index (χ3v) is 9.94. The molecule has 0 saturated heterocycles. The second-order valence-electron chi connectivity index (χ2n) is 9.17. The molecule has 0 radical (unpaired) electrons. The van der Waals surface area contributed by atoms with Gasteiger partial charge < -0.3 is 0 Å². The Hall–Kier alpha value is -2.85. The standard InChI is InChI=1S/C27H31N3O4S2/c1-21-7-11-26(12-8-21)35(31,32)29-17-15-24-5-4-6-25(28-24)16-18-30(20-23(3)19-29)36(33,34)27-13-9-22(2)10-14-27/h4-14H,3,15-20H2,1-2H3. The molecular formula is C27H31N3O4S2. The van der Waals surface area contributed by atoms with Gasteiger partial charge in [-0.2, -0.15) is 8.61 Å². The molecule has 0 spiro atoms. The van der Waals surface area contributed by atoms with E-state index in [4.69, 9.17) is 0 Å². The van der Waals surface area contributed by atoms with Crippen LogP contribution < -0.4 is 0 Å². The van der Waals surface area contributed by atoms with E-state index in [0.29, 0.717) is 18.4 Å². The first-order chi connectivity index (χ1) is 17.1. The zero-order chi connectivity index (χ0) is 25.9. The van der Waals surface area contributed by atoms with E-state index in [1.54, 1.807) is 48.5 Å². The van der Waals surface area contributed by atoms with Crippen molar-refractivity contribution in [1.29, 1.82) is 0 Å². The number of pyridine rings is 1. The lowest BCUT2D eigenvalue weighted by molar-refractivity contribution is 0.401. The van der Waals surface area contributed by atoms with Crippen molar-refractivity contribution in [2.24, 2.45) is 0 Å². The molecule has 0 fully saturated rings. The minimum Gasteiger partial charge on any atom is -0.258 e. The fourth-order valence-electron chi connectivity index (χ4n) is 4.12. The van der Waals surface area contributed by atoms with Crippen molar-refractivity contribution >= 4 is 20.0 Å². The Morgan fingerprint density at radius 3 is 1.44 bits per heavy atom. The van der Waals surface area contributed by atoms with Gasteiger partial charge in [0.05, 0.1) is 9.79 Å². The summed E-state index contributed by atoms with van der Waals surface area (Å²) in [7, 11) is -7.65. The number of hydrogen-bond acceptors (Lipinski definition) is 5. The van der Waals surface area contributed by atoms with Crippen LogP contribution in [0.5, 0.6) is 0 Å². The number of aryl methyl sites for hydroxylation is 2. The molecule has 0 N–H and O–H groups in total. The molecule has 0 aliphatic carbocycles. The van der Waals surface area contributed by atoms with Gasteiger partial charge in [-0.1, -0.05) is 48.0 Å². The smallest absolute Gasteiger partial charge is 0.243 e. The van der Waals surface area contributed by atoms with Gasteiger partial charge in [0.2, 0.25) is 20.0 Å². The largest absolute Gasteiger partial charge is 0.258 e. The molecule has 0 saturated carbocycles. The maximum Gasteiger partial charge on any atom is 0.243 e. The van der Waals surface area contributed by atoms with Gasteiger partial charge in [-0.05, 0) is 55.8 Å². The lowest BCUT2D eigenvalue weighted by Crippen LogP contribution is -2.40. The predicted molar refractivity (Wildman–Crippen MR) is 141 cm³/mol. The first-order valence-electron chi connectivity index (χ1n) is 11.8. The van der Waals surface area contributed by atoms with Gasteiger partial charge in [0.25, 0.3) is 0 Å². The van der Waals surface area contributed by atoms with E-state index < -0.39 is 20.0 Å². The van der Waals surface area contributed by atoms with Gasteiger partial charge in [0.1, 0.15) is 0 Å². The van der Waals surface area contributed by atoms with Crippen LogP contribution in [0.4, 0.5) is 0 Å². The van der Waals surface area contributed by atoms with Gasteiger partial charge in [0, 0.05) is 50.4 Å². The molecule has 2 heterocycles. The van der Waals surface area contributed by atoms with E-state index in [2.05, 4.69) is 11.6 Å². The number of hydrogen-bond donors (Lipinski definition) is 0. The molecule has 1 aliphatic heterocycles. The number of rotatable bonds is 4. The molecule has 2 aromatic carbocycles. The zero-order valence-corrected chi connectivity index (χ0v) is 22.2. The zero-order valence-electron chi connectivity index (χ0n) is 20.6. The molecule has 36 heavy (non-hydrogen) atoms. The topological polar surface area (TPSA) is 87.7 Å². The van der Waals surface area contributed by atoms with Crippen molar-refractivity contribution in [3.8, 4) is 0 Å². The minimum atomic E-state index is -3.83. The fourth-order valence-corrected chi connectivity index (χ4v) is 7.05. The average Bonchev–Trinajstić information content (AvgIpc) is 2.84. The fraction of sp³-hybridized carbons (Fsp3) is 0.296. The molecule has 1 aromatic heterocycles. The predicted octanol–water partition coefficient (Wildman–Crippen LogP) is 3.74. The quantitative estimate of drug-likeness (QED) is 0.485. The van der Waals surface area contributed by atoms with E-state index in [9.17, 15) is 16.8 Å². The summed E-state index contributed by atoms with van der Waals surface area (Å²) in [6, 6.07) is 19.0. The van der Waals surface area contributed by atoms with Crippen molar-refractivity contribution in [1.82, 2.24) is 13.6 Å². The van der Waals surface area contributed by atoms with Crippen molar-refractivity contribution in [3.05, 3.63) is 101 Å². The monoisotopic (exact) mass is 525 g/mol. The summed E-state index contributed by atoms with van der Waals surface area (Å²) in [4.78, 5) is 5.05. The second-order valence-corrected chi connectivity index (χ2v) is 13.0. The first-order valence-corrected chi connectivity index (χ1v) is 14.7. The van der Waals surface area contributed by atoms with Crippen LogP contribution in [0.25, 0.3) is 0 Å². The summed E-state index contributed by atoms with van der Waals surface area (Å²) < 4.78 is 56.9. The molecule has 190 valence electrons. The molecule has 0 atom stereocenters. The highest BCUT2D eigenvalue weighted by molar-refractivity contribution is 7.89. The number of aromatic nitrogens is 1. The minimum absolute atomic E-state index is 0.00974. The molecular weight excluding hydrogens is 494 g/mol. The van der Waals surface area contributed by atoms with Crippen LogP contribution in [0.2, 0.25) is 0 Å². The third kappa shape index (κ3) is 5.92. The average molecular weight is 526 g/mol. The van der Waals surface area contributed by atoms with Gasteiger partial charge >= 0.3 is 0 Å². The van der Waals surface area contributed by atoms with E-state index in [0.717, 1.165) is 22.5 Å². The Balaban J connectivity index is 1.70. The van der Waals surface area contributed by atoms with Crippen molar-refractivity contribution in [2.45, 2.75) is 36.5 Å². The lowest BCUT2D eigenvalue weighted by Gasteiger charge is -2.28. The highest BCUT2D eigenvalue weighted by Crippen LogP contribution is 2.22. The highest BCUT2D eigenvalue weighted by Gasteiger charge is 2.29. The number of nitrogens with zero attached hydrogens (tertiary/aromatic N) is 3. The van der Waals surface area contributed by atoms with Crippen molar-refractivity contribution in [3.63, 3.8) is 0 Å². The summed E-state index contributed by atoms with van der Waals surface area (Å²) >= 11 is 0. The Morgan fingerprint density at radius 1 is 0.667 bits per heavy atom. The summed E-state index contributed by atoms with van der Waals surface area (Å²) in [6.45, 7) is 8.31. The van der Waals surface area contributed by atoms with Crippen LogP contribution in [0.1, 0.15) is 22.5 Å². The van der Waals surface area contributed by atoms with Gasteiger partial charge in [-0.15, -0.1) is 0 Å². The normalized spacial score (nSPS) is 16.8. The molecule has 7 nitrogen and oxygen atoms in total. The van der Waals surface area contributed by atoms with Gasteiger partial charge in [0.15, 0.2) is 0 Å². The Kier molecular flexibility index (Phi) is 7.75. The highest BCUT2D eigenvalue weighted by atomic mass is 32.2. The number of fused-ring (bicyclic) bond motifs is 2. The van der Waals surface area contributed by atoms with Crippen LogP contribution in [-0.2, 0) is 32.9 Å². The first kappa shape index (κ1) is 26.2. The summed E-state index contributed by atoms with van der Waals surface area (Å²) in [5.74, 6) is 0. The van der Waals surface area contributed by atoms with E-state index in [1.165, 1.54) is 8.61 Å². The molecule has 1 aliphatic rings. The molecule has 4 rings (SSSR count). The SMILES string of the molecule is C=C1CN(S(=O)(=O)c2ccc(C)cc2)CCc2cccc(n2)CCN(S(=O)(=O)c2ccc(C)cc2)C1. The second kappa shape index (κ2) is 10.6. The third-order valence-electron chi connectivity index (χ3n) is 6.22. The van der Waals surface area contributed by atoms with Gasteiger partial charge in [-0.3, -0.25) is 4.98 Å². The van der Waals surface area contributed by atoms with Gasteiger partial charge in [-0.25, -0.2) is 16.8 Å².